The summed E-state index contributed by atoms with van der Waals surface area (Å²) in [7, 11) is -0.998. The van der Waals surface area contributed by atoms with Crippen molar-refractivity contribution >= 4 is 27.7 Å². The summed E-state index contributed by atoms with van der Waals surface area (Å²) in [4.78, 5) is 12.5. The van der Waals surface area contributed by atoms with Gasteiger partial charge in [-0.3, -0.25) is 4.79 Å². The second-order valence-electron chi connectivity index (χ2n) is 7.21. The predicted octanol–water partition coefficient (Wildman–Crippen LogP) is 4.14. The Morgan fingerprint density at radius 1 is 1.00 bits per heavy atom. The van der Waals surface area contributed by atoms with Gasteiger partial charge in [-0.05, 0) is 61.0 Å². The third kappa shape index (κ3) is 6.44. The highest BCUT2D eigenvalue weighted by molar-refractivity contribution is 7.89. The van der Waals surface area contributed by atoms with E-state index in [0.29, 0.717) is 23.6 Å². The number of amides is 1. The summed E-state index contributed by atoms with van der Waals surface area (Å²) in [5.74, 6) is 0.399. The van der Waals surface area contributed by atoms with E-state index < -0.39 is 10.0 Å². The summed E-state index contributed by atoms with van der Waals surface area (Å²) in [6, 6.07) is 19.9. The zero-order chi connectivity index (χ0) is 23.8. The van der Waals surface area contributed by atoms with E-state index in [-0.39, 0.29) is 16.6 Å². The van der Waals surface area contributed by atoms with Gasteiger partial charge in [0.2, 0.25) is 15.9 Å². The summed E-state index contributed by atoms with van der Waals surface area (Å²) in [6.07, 6.45) is 2.86. The summed E-state index contributed by atoms with van der Waals surface area (Å²) in [6.45, 7) is 2.32. The molecule has 7 nitrogen and oxygen atoms in total. The van der Waals surface area contributed by atoms with E-state index in [1.165, 1.54) is 38.4 Å². The number of carbonyl (C=O) groups is 1. The topological polar surface area (TPSA) is 93.7 Å². The SMILES string of the molecule is CNS(=O)(=O)c1cc(C=CC(=O)Nc2ccc(C)cc2OCc2ccccc2)ccc1OC. The van der Waals surface area contributed by atoms with Crippen LogP contribution in [0.15, 0.2) is 77.7 Å². The molecule has 2 N–H and O–H groups in total. The quantitative estimate of drug-likeness (QED) is 0.462. The number of rotatable bonds is 9. The lowest BCUT2D eigenvalue weighted by Crippen LogP contribution is -2.19. The van der Waals surface area contributed by atoms with Crippen molar-refractivity contribution in [3.8, 4) is 11.5 Å². The first kappa shape index (κ1) is 24.0. The molecule has 0 radical (unpaired) electrons. The van der Waals surface area contributed by atoms with Gasteiger partial charge in [0.25, 0.3) is 0 Å². The van der Waals surface area contributed by atoms with Gasteiger partial charge < -0.3 is 14.8 Å². The van der Waals surface area contributed by atoms with E-state index in [9.17, 15) is 13.2 Å². The maximum absolute atomic E-state index is 12.5. The van der Waals surface area contributed by atoms with Crippen molar-refractivity contribution < 1.29 is 22.7 Å². The summed E-state index contributed by atoms with van der Waals surface area (Å²) in [5.41, 5.74) is 3.09. The van der Waals surface area contributed by atoms with Crippen LogP contribution in [0.4, 0.5) is 5.69 Å². The second-order valence-corrected chi connectivity index (χ2v) is 9.07. The Balaban J connectivity index is 1.75. The molecule has 172 valence electrons. The molecule has 0 aliphatic rings. The van der Waals surface area contributed by atoms with Crippen LogP contribution < -0.4 is 19.5 Å². The van der Waals surface area contributed by atoms with E-state index in [4.69, 9.17) is 9.47 Å². The normalized spacial score (nSPS) is 11.4. The molecule has 0 unspecified atom stereocenters. The molecule has 0 aliphatic heterocycles. The standard InChI is InChI=1S/C25H26N2O5S/c1-18-9-12-21(23(15-18)32-17-20-7-5-4-6-8-20)27-25(28)14-11-19-10-13-22(31-3)24(16-19)33(29,30)26-2/h4-16,26H,17H2,1-3H3,(H,27,28). The van der Waals surface area contributed by atoms with Gasteiger partial charge in [0, 0.05) is 6.08 Å². The first-order valence-electron chi connectivity index (χ1n) is 10.2. The minimum Gasteiger partial charge on any atom is -0.495 e. The summed E-state index contributed by atoms with van der Waals surface area (Å²) >= 11 is 0. The van der Waals surface area contributed by atoms with Crippen LogP contribution in [0.25, 0.3) is 6.08 Å². The van der Waals surface area contributed by atoms with Crippen LogP contribution in [-0.4, -0.2) is 28.5 Å². The Labute approximate surface area is 194 Å². The van der Waals surface area contributed by atoms with Crippen LogP contribution in [0.2, 0.25) is 0 Å². The van der Waals surface area contributed by atoms with Crippen molar-refractivity contribution in [2.24, 2.45) is 0 Å². The van der Waals surface area contributed by atoms with Crippen LogP contribution in [-0.2, 0) is 21.4 Å². The van der Waals surface area contributed by atoms with Crippen LogP contribution in [0, 0.1) is 6.92 Å². The summed E-state index contributed by atoms with van der Waals surface area (Å²) in [5, 5.41) is 2.82. The lowest BCUT2D eigenvalue weighted by Gasteiger charge is -2.13. The highest BCUT2D eigenvalue weighted by Gasteiger charge is 2.17. The highest BCUT2D eigenvalue weighted by Crippen LogP contribution is 2.27. The minimum absolute atomic E-state index is 0.00908. The van der Waals surface area contributed by atoms with Crippen molar-refractivity contribution in [2.75, 3.05) is 19.5 Å². The average Bonchev–Trinajstić information content (AvgIpc) is 2.83. The molecule has 0 saturated heterocycles. The fourth-order valence-electron chi connectivity index (χ4n) is 3.05. The predicted molar refractivity (Wildman–Crippen MR) is 129 cm³/mol. The van der Waals surface area contributed by atoms with Crippen molar-refractivity contribution in [3.63, 3.8) is 0 Å². The third-order valence-corrected chi connectivity index (χ3v) is 6.24. The molecule has 0 bridgehead atoms. The third-order valence-electron chi connectivity index (χ3n) is 4.81. The van der Waals surface area contributed by atoms with Gasteiger partial charge in [-0.2, -0.15) is 0 Å². The molecule has 0 fully saturated rings. The number of benzene rings is 3. The molecular weight excluding hydrogens is 440 g/mol. The average molecular weight is 467 g/mol. The number of hydrogen-bond acceptors (Lipinski definition) is 5. The number of anilines is 1. The molecule has 8 heteroatoms. The zero-order valence-corrected chi connectivity index (χ0v) is 19.5. The van der Waals surface area contributed by atoms with Crippen LogP contribution in [0.5, 0.6) is 11.5 Å². The molecule has 1 amide bonds. The van der Waals surface area contributed by atoms with Gasteiger partial charge in [-0.25, -0.2) is 13.1 Å². The molecule has 0 atom stereocenters. The lowest BCUT2D eigenvalue weighted by atomic mass is 10.2. The molecule has 0 saturated carbocycles. The highest BCUT2D eigenvalue weighted by atomic mass is 32.2. The van der Waals surface area contributed by atoms with Crippen LogP contribution in [0.3, 0.4) is 0 Å². The number of nitrogens with one attached hydrogen (secondary N) is 2. The summed E-state index contributed by atoms with van der Waals surface area (Å²) < 4.78 is 37.8. The van der Waals surface area contributed by atoms with Crippen molar-refractivity contribution in [2.45, 2.75) is 18.4 Å². The van der Waals surface area contributed by atoms with Crippen molar-refractivity contribution in [1.29, 1.82) is 0 Å². The van der Waals surface area contributed by atoms with Crippen LogP contribution in [0.1, 0.15) is 16.7 Å². The molecule has 3 rings (SSSR count). The molecule has 3 aromatic rings. The largest absolute Gasteiger partial charge is 0.495 e. The van der Waals surface area contributed by atoms with E-state index in [1.54, 1.807) is 12.1 Å². The molecule has 0 heterocycles. The maximum atomic E-state index is 12.5. The lowest BCUT2D eigenvalue weighted by molar-refractivity contribution is -0.111. The second kappa shape index (κ2) is 10.8. The Kier molecular flexibility index (Phi) is 7.87. The molecule has 33 heavy (non-hydrogen) atoms. The van der Waals surface area contributed by atoms with Gasteiger partial charge in [-0.15, -0.1) is 0 Å². The van der Waals surface area contributed by atoms with E-state index in [2.05, 4.69) is 10.0 Å². The van der Waals surface area contributed by atoms with E-state index in [1.807, 2.05) is 49.4 Å². The van der Waals surface area contributed by atoms with Crippen molar-refractivity contribution in [1.82, 2.24) is 4.72 Å². The molecule has 0 aromatic heterocycles. The van der Waals surface area contributed by atoms with Gasteiger partial charge in [0.05, 0.1) is 12.8 Å². The van der Waals surface area contributed by atoms with Gasteiger partial charge in [0.15, 0.2) is 0 Å². The number of carbonyl (C=O) groups excluding carboxylic acids is 1. The molecule has 0 aliphatic carbocycles. The van der Waals surface area contributed by atoms with Crippen molar-refractivity contribution in [3.05, 3.63) is 89.5 Å². The van der Waals surface area contributed by atoms with Gasteiger partial charge in [-0.1, -0.05) is 42.5 Å². The van der Waals surface area contributed by atoms with Gasteiger partial charge >= 0.3 is 0 Å². The van der Waals surface area contributed by atoms with E-state index >= 15 is 0 Å². The Bertz CT molecular complexity index is 1260. The Morgan fingerprint density at radius 3 is 2.45 bits per heavy atom. The number of methoxy groups -OCH3 is 1. The number of hydrogen-bond donors (Lipinski definition) is 2. The maximum Gasteiger partial charge on any atom is 0.248 e. The molecule has 0 spiro atoms. The first-order chi connectivity index (χ1) is 15.8. The fraction of sp³-hybridized carbons (Fsp3) is 0.160. The van der Waals surface area contributed by atoms with Crippen LogP contribution >= 0.6 is 0 Å². The molecule has 3 aromatic carbocycles. The number of aryl methyl sites for hydroxylation is 1. The monoisotopic (exact) mass is 466 g/mol. The Hall–Kier alpha value is -3.62. The molecular formula is C25H26N2O5S. The number of ether oxygens (including phenoxy) is 2. The number of sulfonamides is 1. The Morgan fingerprint density at radius 2 is 1.76 bits per heavy atom. The van der Waals surface area contributed by atoms with E-state index in [0.717, 1.165) is 11.1 Å². The van der Waals surface area contributed by atoms with Gasteiger partial charge in [0.1, 0.15) is 23.0 Å². The first-order valence-corrected chi connectivity index (χ1v) is 11.7. The fourth-order valence-corrected chi connectivity index (χ4v) is 3.98. The smallest absolute Gasteiger partial charge is 0.248 e. The minimum atomic E-state index is -3.72. The zero-order valence-electron chi connectivity index (χ0n) is 18.7.